The molecule has 0 aliphatic heterocycles. The molecule has 120 valence electrons. The minimum Gasteiger partial charge on any atom is -0.493 e. The summed E-state index contributed by atoms with van der Waals surface area (Å²) in [6, 6.07) is 5.28. The predicted molar refractivity (Wildman–Crippen MR) is 82.5 cm³/mol. The van der Waals surface area contributed by atoms with Gasteiger partial charge >= 0.3 is 0 Å². The summed E-state index contributed by atoms with van der Waals surface area (Å²) in [7, 11) is -4.24. The van der Waals surface area contributed by atoms with Crippen LogP contribution in [0.1, 0.15) is 0 Å². The van der Waals surface area contributed by atoms with E-state index in [-0.39, 0.29) is 21.5 Å². The van der Waals surface area contributed by atoms with Gasteiger partial charge in [-0.2, -0.15) is 17.9 Å². The molecule has 12 heteroatoms. The number of nitrogens with zero attached hydrogens (tertiary/aromatic N) is 3. The zero-order valence-electron chi connectivity index (χ0n) is 11.0. The van der Waals surface area contributed by atoms with Gasteiger partial charge in [0, 0.05) is 0 Å². The molecule has 2 aromatic heterocycles. The number of anilines is 1. The molecule has 0 aliphatic carbocycles. The van der Waals surface area contributed by atoms with Crippen LogP contribution in [0.2, 0.25) is 10.0 Å². The highest BCUT2D eigenvalue weighted by Gasteiger charge is 2.24. The van der Waals surface area contributed by atoms with Crippen molar-refractivity contribution in [2.45, 2.75) is 5.16 Å². The van der Waals surface area contributed by atoms with Crippen LogP contribution in [-0.4, -0.2) is 33.1 Å². The standard InChI is InChI=1S/C11H7Cl2N5O4S/c12-5-2-1-3-6(13)9(5)17-23(21,22)11-15-10-14-7(19)4-8(20)18(10)16-11/h1-4,17,20H,(H,14,15,16,19). The van der Waals surface area contributed by atoms with Crippen molar-refractivity contribution in [1.29, 1.82) is 0 Å². The summed E-state index contributed by atoms with van der Waals surface area (Å²) in [6.07, 6.45) is 0. The maximum atomic E-state index is 12.3. The quantitative estimate of drug-likeness (QED) is 0.631. The van der Waals surface area contributed by atoms with E-state index in [4.69, 9.17) is 23.2 Å². The third kappa shape index (κ3) is 2.83. The molecule has 0 unspecified atom stereocenters. The van der Waals surface area contributed by atoms with Gasteiger partial charge in [0.1, 0.15) is 0 Å². The van der Waals surface area contributed by atoms with Crippen LogP contribution in [0, 0.1) is 0 Å². The van der Waals surface area contributed by atoms with Crippen LogP contribution in [-0.2, 0) is 10.0 Å². The highest BCUT2D eigenvalue weighted by Crippen LogP contribution is 2.31. The van der Waals surface area contributed by atoms with Crippen molar-refractivity contribution < 1.29 is 13.5 Å². The Kier molecular flexibility index (Phi) is 3.66. The Morgan fingerprint density at radius 3 is 2.57 bits per heavy atom. The Balaban J connectivity index is 2.10. The summed E-state index contributed by atoms with van der Waals surface area (Å²) in [5.41, 5.74) is -0.694. The highest BCUT2D eigenvalue weighted by atomic mass is 35.5. The average Bonchev–Trinajstić information content (AvgIpc) is 2.88. The van der Waals surface area contributed by atoms with E-state index in [1.54, 1.807) is 6.07 Å². The second-order valence-corrected chi connectivity index (χ2v) is 6.71. The highest BCUT2D eigenvalue weighted by molar-refractivity contribution is 7.92. The number of hydrogen-bond donors (Lipinski definition) is 3. The Morgan fingerprint density at radius 2 is 1.91 bits per heavy atom. The summed E-state index contributed by atoms with van der Waals surface area (Å²) >= 11 is 11.8. The Bertz CT molecular complexity index is 1060. The van der Waals surface area contributed by atoms with Crippen LogP contribution in [0.3, 0.4) is 0 Å². The second-order valence-electron chi connectivity index (χ2n) is 4.32. The Labute approximate surface area is 138 Å². The van der Waals surface area contributed by atoms with Gasteiger partial charge < -0.3 is 5.11 Å². The first-order chi connectivity index (χ1) is 10.8. The largest absolute Gasteiger partial charge is 0.493 e. The third-order valence-electron chi connectivity index (χ3n) is 2.74. The fourth-order valence-electron chi connectivity index (χ4n) is 1.75. The molecule has 0 aliphatic rings. The number of sulfonamides is 1. The molecule has 0 radical (unpaired) electrons. The Morgan fingerprint density at radius 1 is 1.26 bits per heavy atom. The number of fused-ring (bicyclic) bond motifs is 1. The zero-order chi connectivity index (χ0) is 16.8. The number of H-pyrrole nitrogens is 1. The van der Waals surface area contributed by atoms with E-state index in [9.17, 15) is 18.3 Å². The van der Waals surface area contributed by atoms with Crippen molar-refractivity contribution in [1.82, 2.24) is 19.6 Å². The normalized spacial score (nSPS) is 11.7. The minimum atomic E-state index is -4.24. The molecule has 23 heavy (non-hydrogen) atoms. The molecule has 0 saturated carbocycles. The number of benzene rings is 1. The fourth-order valence-corrected chi connectivity index (χ4v) is 3.33. The van der Waals surface area contributed by atoms with Gasteiger partial charge in [0.2, 0.25) is 11.7 Å². The second kappa shape index (κ2) is 5.41. The molecular formula is C11H7Cl2N5O4S. The summed E-state index contributed by atoms with van der Waals surface area (Å²) in [5.74, 6) is -0.797. The van der Waals surface area contributed by atoms with Crippen molar-refractivity contribution in [3.63, 3.8) is 0 Å². The van der Waals surface area contributed by atoms with Crippen molar-refractivity contribution >= 4 is 44.7 Å². The molecular weight excluding hydrogens is 369 g/mol. The van der Waals surface area contributed by atoms with E-state index in [1.807, 2.05) is 0 Å². The van der Waals surface area contributed by atoms with Crippen LogP contribution >= 0.6 is 23.2 Å². The number of aromatic amines is 1. The van der Waals surface area contributed by atoms with E-state index < -0.39 is 26.6 Å². The van der Waals surface area contributed by atoms with Gasteiger partial charge in [-0.15, -0.1) is 5.10 Å². The lowest BCUT2D eigenvalue weighted by Gasteiger charge is -2.08. The molecule has 0 amide bonds. The molecule has 0 spiro atoms. The number of aromatic nitrogens is 4. The average molecular weight is 376 g/mol. The van der Waals surface area contributed by atoms with Gasteiger partial charge in [-0.25, -0.2) is 0 Å². The molecule has 9 nitrogen and oxygen atoms in total. The first kappa shape index (κ1) is 15.6. The molecule has 0 bridgehead atoms. The van der Waals surface area contributed by atoms with E-state index >= 15 is 0 Å². The smallest absolute Gasteiger partial charge is 0.299 e. The molecule has 1 aromatic carbocycles. The van der Waals surface area contributed by atoms with Crippen molar-refractivity contribution in [2.75, 3.05) is 4.72 Å². The summed E-state index contributed by atoms with van der Waals surface area (Å²) in [5, 5.41) is 12.7. The van der Waals surface area contributed by atoms with Crippen LogP contribution in [0.5, 0.6) is 5.88 Å². The SMILES string of the molecule is O=c1cc(O)n2nc(S(=O)(=O)Nc3c(Cl)cccc3Cl)nc2[nH]1. The Hall–Kier alpha value is -2.30. The van der Waals surface area contributed by atoms with Gasteiger partial charge in [0.25, 0.3) is 20.7 Å². The van der Waals surface area contributed by atoms with E-state index in [1.165, 1.54) is 12.1 Å². The third-order valence-corrected chi connectivity index (χ3v) is 4.50. The van der Waals surface area contributed by atoms with Crippen molar-refractivity contribution in [3.8, 4) is 5.88 Å². The van der Waals surface area contributed by atoms with Crippen LogP contribution < -0.4 is 10.3 Å². The molecule has 0 atom stereocenters. The van der Waals surface area contributed by atoms with Crippen LogP contribution in [0.15, 0.2) is 34.2 Å². The van der Waals surface area contributed by atoms with E-state index in [0.29, 0.717) is 0 Å². The molecule has 0 fully saturated rings. The fraction of sp³-hybridized carbons (Fsp3) is 0. The zero-order valence-corrected chi connectivity index (χ0v) is 13.3. The van der Waals surface area contributed by atoms with Crippen LogP contribution in [0.4, 0.5) is 5.69 Å². The number of nitrogens with one attached hydrogen (secondary N) is 2. The summed E-state index contributed by atoms with van der Waals surface area (Å²) in [6.45, 7) is 0. The molecule has 3 N–H and O–H groups in total. The lowest BCUT2D eigenvalue weighted by atomic mass is 10.3. The number of rotatable bonds is 3. The van der Waals surface area contributed by atoms with Gasteiger partial charge in [0.05, 0.1) is 21.8 Å². The summed E-state index contributed by atoms with van der Waals surface area (Å²) in [4.78, 5) is 17.1. The first-order valence-corrected chi connectivity index (χ1v) is 8.18. The number of para-hydroxylation sites is 1. The van der Waals surface area contributed by atoms with E-state index in [2.05, 4.69) is 19.8 Å². The first-order valence-electron chi connectivity index (χ1n) is 5.94. The number of hydrogen-bond acceptors (Lipinski definition) is 6. The number of aromatic hydroxyl groups is 1. The predicted octanol–water partition coefficient (Wildman–Crippen LogP) is 1.23. The lowest BCUT2D eigenvalue weighted by Crippen LogP contribution is -2.15. The molecule has 3 aromatic rings. The molecule has 0 saturated heterocycles. The van der Waals surface area contributed by atoms with Gasteiger partial charge in [-0.05, 0) is 12.1 Å². The van der Waals surface area contributed by atoms with Gasteiger partial charge in [0.15, 0.2) is 0 Å². The monoisotopic (exact) mass is 375 g/mol. The van der Waals surface area contributed by atoms with Crippen LogP contribution in [0.25, 0.3) is 5.78 Å². The molecule has 3 rings (SSSR count). The minimum absolute atomic E-state index is 0.0348. The molecule has 2 heterocycles. The van der Waals surface area contributed by atoms with Crippen molar-refractivity contribution in [2.24, 2.45) is 0 Å². The topological polar surface area (TPSA) is 129 Å². The van der Waals surface area contributed by atoms with E-state index in [0.717, 1.165) is 10.6 Å². The summed E-state index contributed by atoms with van der Waals surface area (Å²) < 4.78 is 27.6. The van der Waals surface area contributed by atoms with Gasteiger partial charge in [-0.3, -0.25) is 14.5 Å². The maximum absolute atomic E-state index is 12.3. The lowest BCUT2D eigenvalue weighted by molar-refractivity contribution is 0.432. The number of halogens is 2. The van der Waals surface area contributed by atoms with Crippen molar-refractivity contribution in [3.05, 3.63) is 44.7 Å². The maximum Gasteiger partial charge on any atom is 0.299 e. The van der Waals surface area contributed by atoms with Gasteiger partial charge in [-0.1, -0.05) is 29.3 Å².